The van der Waals surface area contributed by atoms with E-state index in [0.717, 1.165) is 6.07 Å². The highest BCUT2D eigenvalue weighted by Crippen LogP contribution is 2.38. The summed E-state index contributed by atoms with van der Waals surface area (Å²) < 4.78 is 60.2. The maximum atomic E-state index is 13.4. The van der Waals surface area contributed by atoms with Crippen molar-refractivity contribution in [1.82, 2.24) is 0 Å². The summed E-state index contributed by atoms with van der Waals surface area (Å²) in [5, 5.41) is 0. The van der Waals surface area contributed by atoms with Crippen LogP contribution in [0.25, 0.3) is 0 Å². The summed E-state index contributed by atoms with van der Waals surface area (Å²) in [5.74, 6) is -0.760. The Morgan fingerprint density at radius 2 is 1.90 bits per heavy atom. The van der Waals surface area contributed by atoms with Gasteiger partial charge in [0.25, 0.3) is 0 Å². The van der Waals surface area contributed by atoms with Crippen molar-refractivity contribution < 1.29 is 27.0 Å². The fourth-order valence-electron chi connectivity index (χ4n) is 2.27. The molecule has 0 amide bonds. The summed E-state index contributed by atoms with van der Waals surface area (Å²) in [4.78, 5) is 0. The van der Waals surface area contributed by atoms with Crippen molar-refractivity contribution in [2.45, 2.75) is 24.9 Å². The molecule has 1 aromatic rings. The summed E-state index contributed by atoms with van der Waals surface area (Å²) in [6, 6.07) is 2.16. The van der Waals surface area contributed by atoms with Gasteiger partial charge in [-0.2, -0.15) is 13.2 Å². The smallest absolute Gasteiger partial charge is 0.422 e. The maximum Gasteiger partial charge on any atom is 0.422 e. The van der Waals surface area contributed by atoms with E-state index in [0.29, 0.717) is 31.6 Å². The maximum absolute atomic E-state index is 13.4. The summed E-state index contributed by atoms with van der Waals surface area (Å²) in [6.07, 6.45) is -3.26. The number of hydrogen-bond donors (Lipinski definition) is 1. The Morgan fingerprint density at radius 3 is 2.50 bits per heavy atom. The van der Waals surface area contributed by atoms with Crippen molar-refractivity contribution in [3.05, 3.63) is 23.5 Å². The van der Waals surface area contributed by atoms with Gasteiger partial charge in [-0.1, -0.05) is 0 Å². The summed E-state index contributed by atoms with van der Waals surface area (Å²) in [7, 11) is 0. The van der Waals surface area contributed by atoms with Crippen LogP contribution >= 0.6 is 0 Å². The van der Waals surface area contributed by atoms with Crippen LogP contribution < -0.4 is 10.5 Å². The Bertz CT molecular complexity index is 470. The fourth-order valence-corrected chi connectivity index (χ4v) is 2.27. The van der Waals surface area contributed by atoms with Crippen LogP contribution in [0, 0.1) is 5.82 Å². The second-order valence-corrected chi connectivity index (χ2v) is 4.70. The normalized spacial score (nSPS) is 17.2. The molecule has 0 radical (unpaired) electrons. The molecular weight excluding hydrogens is 278 g/mol. The van der Waals surface area contributed by atoms with Crippen molar-refractivity contribution in [3.8, 4) is 5.75 Å². The molecule has 1 aliphatic heterocycles. The second kappa shape index (κ2) is 5.87. The lowest BCUT2D eigenvalue weighted by molar-refractivity contribution is -0.153. The average Bonchev–Trinajstić information content (AvgIpc) is 2.36. The van der Waals surface area contributed by atoms with E-state index < -0.39 is 18.6 Å². The fraction of sp³-hybridized carbons (Fsp3) is 0.538. The quantitative estimate of drug-likeness (QED) is 0.687. The standard InChI is InChI=1S/C13H15F4NO2/c14-9-5-10(8-1-3-19-4-2-8)12(11(18)6-9)20-7-13(15,16)17/h5-6,8H,1-4,7,18H2. The lowest BCUT2D eigenvalue weighted by atomic mass is 9.90. The van der Waals surface area contributed by atoms with E-state index in [1.54, 1.807) is 0 Å². The molecular formula is C13H15F4NO2. The first-order valence-corrected chi connectivity index (χ1v) is 6.23. The van der Waals surface area contributed by atoms with Crippen molar-refractivity contribution >= 4 is 5.69 Å². The zero-order valence-corrected chi connectivity index (χ0v) is 10.7. The number of nitrogen functional groups attached to an aromatic ring is 1. The molecule has 7 heteroatoms. The van der Waals surface area contributed by atoms with Crippen molar-refractivity contribution in [3.63, 3.8) is 0 Å². The third kappa shape index (κ3) is 3.75. The number of rotatable bonds is 3. The molecule has 1 heterocycles. The Balaban J connectivity index is 2.27. The Labute approximate surface area is 113 Å². The topological polar surface area (TPSA) is 44.5 Å². The third-order valence-electron chi connectivity index (χ3n) is 3.15. The van der Waals surface area contributed by atoms with Crippen LogP contribution in [0.1, 0.15) is 24.3 Å². The van der Waals surface area contributed by atoms with Gasteiger partial charge in [0.1, 0.15) is 11.6 Å². The van der Waals surface area contributed by atoms with Gasteiger partial charge in [0.05, 0.1) is 5.69 Å². The highest BCUT2D eigenvalue weighted by molar-refractivity contribution is 5.58. The van der Waals surface area contributed by atoms with Crippen molar-refractivity contribution in [2.24, 2.45) is 0 Å². The van der Waals surface area contributed by atoms with E-state index in [4.69, 9.17) is 15.2 Å². The molecule has 0 spiro atoms. The van der Waals surface area contributed by atoms with E-state index in [1.807, 2.05) is 0 Å². The first-order valence-electron chi connectivity index (χ1n) is 6.23. The first kappa shape index (κ1) is 14.9. The predicted molar refractivity (Wildman–Crippen MR) is 65.2 cm³/mol. The van der Waals surface area contributed by atoms with E-state index in [-0.39, 0.29) is 17.4 Å². The van der Waals surface area contributed by atoms with Crippen LogP contribution in [0.3, 0.4) is 0 Å². The largest absolute Gasteiger partial charge is 0.482 e. The minimum absolute atomic E-state index is 0.0735. The van der Waals surface area contributed by atoms with Crippen LogP contribution in [0.4, 0.5) is 23.2 Å². The van der Waals surface area contributed by atoms with Gasteiger partial charge in [-0.3, -0.25) is 0 Å². The number of halogens is 4. The monoisotopic (exact) mass is 293 g/mol. The van der Waals surface area contributed by atoms with Gasteiger partial charge in [-0.15, -0.1) is 0 Å². The Morgan fingerprint density at radius 1 is 1.25 bits per heavy atom. The van der Waals surface area contributed by atoms with Crippen LogP contribution in [0.5, 0.6) is 5.75 Å². The molecule has 0 bridgehead atoms. The Hall–Kier alpha value is -1.50. The SMILES string of the molecule is Nc1cc(F)cc(C2CCOCC2)c1OCC(F)(F)F. The van der Waals surface area contributed by atoms with E-state index in [9.17, 15) is 17.6 Å². The highest BCUT2D eigenvalue weighted by Gasteiger charge is 2.30. The predicted octanol–water partition coefficient (Wildman–Crippen LogP) is 3.24. The molecule has 2 rings (SSSR count). The minimum Gasteiger partial charge on any atom is -0.482 e. The van der Waals surface area contributed by atoms with Crippen LogP contribution in [0.15, 0.2) is 12.1 Å². The van der Waals surface area contributed by atoms with Gasteiger partial charge in [0, 0.05) is 24.8 Å². The van der Waals surface area contributed by atoms with Gasteiger partial charge >= 0.3 is 6.18 Å². The third-order valence-corrected chi connectivity index (χ3v) is 3.15. The minimum atomic E-state index is -4.46. The van der Waals surface area contributed by atoms with Gasteiger partial charge in [-0.25, -0.2) is 4.39 Å². The molecule has 0 saturated carbocycles. The van der Waals surface area contributed by atoms with Crippen LogP contribution in [0.2, 0.25) is 0 Å². The molecule has 0 aliphatic carbocycles. The molecule has 1 aliphatic rings. The van der Waals surface area contributed by atoms with E-state index in [1.165, 1.54) is 6.07 Å². The Kier molecular flexibility index (Phi) is 4.37. The van der Waals surface area contributed by atoms with Gasteiger partial charge < -0.3 is 15.2 Å². The summed E-state index contributed by atoms with van der Waals surface area (Å²) in [6.45, 7) is -0.474. The number of ether oxygens (including phenoxy) is 2. The number of hydrogen-bond acceptors (Lipinski definition) is 3. The molecule has 112 valence electrons. The van der Waals surface area contributed by atoms with Gasteiger partial charge in [-0.05, 0) is 24.8 Å². The molecule has 1 fully saturated rings. The van der Waals surface area contributed by atoms with Gasteiger partial charge in [0.15, 0.2) is 6.61 Å². The molecule has 1 saturated heterocycles. The van der Waals surface area contributed by atoms with E-state index in [2.05, 4.69) is 0 Å². The zero-order chi connectivity index (χ0) is 14.8. The average molecular weight is 293 g/mol. The molecule has 0 atom stereocenters. The van der Waals surface area contributed by atoms with Crippen molar-refractivity contribution in [2.75, 3.05) is 25.6 Å². The molecule has 0 aromatic heterocycles. The zero-order valence-electron chi connectivity index (χ0n) is 10.7. The summed E-state index contributed by atoms with van der Waals surface area (Å²) >= 11 is 0. The van der Waals surface area contributed by atoms with Crippen LogP contribution in [-0.2, 0) is 4.74 Å². The molecule has 1 aromatic carbocycles. The van der Waals surface area contributed by atoms with Gasteiger partial charge in [0.2, 0.25) is 0 Å². The molecule has 20 heavy (non-hydrogen) atoms. The molecule has 2 N–H and O–H groups in total. The first-order chi connectivity index (χ1) is 9.37. The van der Waals surface area contributed by atoms with Crippen LogP contribution in [-0.4, -0.2) is 26.0 Å². The lowest BCUT2D eigenvalue weighted by Gasteiger charge is -2.25. The second-order valence-electron chi connectivity index (χ2n) is 4.70. The number of nitrogens with two attached hydrogens (primary N) is 1. The highest BCUT2D eigenvalue weighted by atomic mass is 19.4. The summed E-state index contributed by atoms with van der Waals surface area (Å²) in [5.41, 5.74) is 5.86. The molecule has 0 unspecified atom stereocenters. The number of anilines is 1. The number of benzene rings is 1. The van der Waals surface area contributed by atoms with E-state index >= 15 is 0 Å². The lowest BCUT2D eigenvalue weighted by Crippen LogP contribution is -2.22. The van der Waals surface area contributed by atoms with Crippen molar-refractivity contribution in [1.29, 1.82) is 0 Å². The molecule has 3 nitrogen and oxygen atoms in total. The number of alkyl halides is 3.